The van der Waals surface area contributed by atoms with E-state index < -0.39 is 6.10 Å². The minimum atomic E-state index is -0.435. The van der Waals surface area contributed by atoms with Gasteiger partial charge in [0.05, 0.1) is 12.7 Å². The van der Waals surface area contributed by atoms with Crippen LogP contribution in [0.5, 0.6) is 5.75 Å². The lowest BCUT2D eigenvalue weighted by Gasteiger charge is -2.19. The van der Waals surface area contributed by atoms with Gasteiger partial charge < -0.3 is 15.6 Å². The molecule has 0 aromatic heterocycles. The standard InChI is InChI=1S/C17H29NO2/c1-4-7-15(18)16(19)10-9-14-12-13(5-2)8-11-17(14)20-6-3/h8,11-12,15-16,19H,4-7,9-10,18H2,1-3H3. The van der Waals surface area contributed by atoms with E-state index in [2.05, 4.69) is 26.0 Å². The first-order valence-corrected chi connectivity index (χ1v) is 7.80. The molecule has 2 unspecified atom stereocenters. The van der Waals surface area contributed by atoms with E-state index in [0.717, 1.165) is 31.4 Å². The molecule has 114 valence electrons. The number of aryl methyl sites for hydroxylation is 2. The number of rotatable bonds is 9. The summed E-state index contributed by atoms with van der Waals surface area (Å²) in [5, 5.41) is 10.1. The maximum atomic E-state index is 10.1. The van der Waals surface area contributed by atoms with Gasteiger partial charge in [-0.3, -0.25) is 0 Å². The van der Waals surface area contributed by atoms with Crippen LogP contribution in [0.25, 0.3) is 0 Å². The Hall–Kier alpha value is -1.06. The number of nitrogens with two attached hydrogens (primary N) is 1. The summed E-state index contributed by atoms with van der Waals surface area (Å²) >= 11 is 0. The number of aliphatic hydroxyl groups is 1. The third kappa shape index (κ3) is 5.14. The topological polar surface area (TPSA) is 55.5 Å². The Morgan fingerprint density at radius 3 is 2.55 bits per heavy atom. The van der Waals surface area contributed by atoms with E-state index in [9.17, 15) is 5.11 Å². The Balaban J connectivity index is 2.69. The normalized spacial score (nSPS) is 14.1. The maximum absolute atomic E-state index is 10.1. The molecule has 0 amide bonds. The van der Waals surface area contributed by atoms with Gasteiger partial charge in [0, 0.05) is 6.04 Å². The zero-order valence-corrected chi connectivity index (χ0v) is 13.1. The van der Waals surface area contributed by atoms with Crippen LogP contribution >= 0.6 is 0 Å². The van der Waals surface area contributed by atoms with Gasteiger partial charge >= 0.3 is 0 Å². The smallest absolute Gasteiger partial charge is 0.122 e. The van der Waals surface area contributed by atoms with Gasteiger partial charge in [-0.1, -0.05) is 32.4 Å². The molecular formula is C17H29NO2. The molecule has 3 nitrogen and oxygen atoms in total. The minimum Gasteiger partial charge on any atom is -0.494 e. The average molecular weight is 279 g/mol. The fourth-order valence-electron chi connectivity index (χ4n) is 2.39. The lowest BCUT2D eigenvalue weighted by atomic mass is 9.97. The summed E-state index contributed by atoms with van der Waals surface area (Å²) < 4.78 is 5.66. The highest BCUT2D eigenvalue weighted by Gasteiger charge is 2.15. The summed E-state index contributed by atoms with van der Waals surface area (Å²) in [6.07, 6.45) is 3.95. The van der Waals surface area contributed by atoms with Crippen LogP contribution in [-0.2, 0) is 12.8 Å². The number of ether oxygens (including phenoxy) is 1. The zero-order valence-electron chi connectivity index (χ0n) is 13.1. The van der Waals surface area contributed by atoms with Crippen LogP contribution in [-0.4, -0.2) is 23.9 Å². The van der Waals surface area contributed by atoms with Crippen LogP contribution in [0, 0.1) is 0 Å². The fourth-order valence-corrected chi connectivity index (χ4v) is 2.39. The van der Waals surface area contributed by atoms with Crippen LogP contribution in [0.15, 0.2) is 18.2 Å². The van der Waals surface area contributed by atoms with E-state index in [0.29, 0.717) is 13.0 Å². The molecule has 1 aromatic rings. The second kappa shape index (κ2) is 8.98. The van der Waals surface area contributed by atoms with Crippen molar-refractivity contribution in [2.75, 3.05) is 6.61 Å². The van der Waals surface area contributed by atoms with Crippen molar-refractivity contribution in [1.82, 2.24) is 0 Å². The molecule has 0 bridgehead atoms. The second-order valence-corrected chi connectivity index (χ2v) is 5.29. The first-order chi connectivity index (χ1) is 9.62. The summed E-state index contributed by atoms with van der Waals surface area (Å²) in [6.45, 7) is 6.88. The molecule has 0 saturated heterocycles. The molecular weight excluding hydrogens is 250 g/mol. The van der Waals surface area contributed by atoms with Crippen LogP contribution < -0.4 is 10.5 Å². The predicted molar refractivity (Wildman–Crippen MR) is 84.2 cm³/mol. The van der Waals surface area contributed by atoms with Crippen LogP contribution in [0.2, 0.25) is 0 Å². The van der Waals surface area contributed by atoms with Crippen molar-refractivity contribution in [1.29, 1.82) is 0 Å². The number of aliphatic hydroxyl groups excluding tert-OH is 1. The van der Waals surface area contributed by atoms with Gasteiger partial charge in [-0.05, 0) is 49.8 Å². The number of hydrogen-bond acceptors (Lipinski definition) is 3. The largest absolute Gasteiger partial charge is 0.494 e. The fraction of sp³-hybridized carbons (Fsp3) is 0.647. The van der Waals surface area contributed by atoms with Gasteiger partial charge in [-0.25, -0.2) is 0 Å². The molecule has 0 heterocycles. The quantitative estimate of drug-likeness (QED) is 0.730. The number of benzene rings is 1. The lowest BCUT2D eigenvalue weighted by Crippen LogP contribution is -2.34. The Morgan fingerprint density at radius 1 is 1.20 bits per heavy atom. The summed E-state index contributed by atoms with van der Waals surface area (Å²) in [5.74, 6) is 0.931. The Bertz CT molecular complexity index is 393. The van der Waals surface area contributed by atoms with Crippen molar-refractivity contribution in [2.24, 2.45) is 5.73 Å². The zero-order chi connectivity index (χ0) is 15.0. The van der Waals surface area contributed by atoms with Crippen molar-refractivity contribution in [3.63, 3.8) is 0 Å². The highest BCUT2D eigenvalue weighted by Crippen LogP contribution is 2.23. The third-order valence-corrected chi connectivity index (χ3v) is 3.66. The van der Waals surface area contributed by atoms with Crippen molar-refractivity contribution in [3.8, 4) is 5.75 Å². The van der Waals surface area contributed by atoms with E-state index in [1.807, 2.05) is 13.0 Å². The third-order valence-electron chi connectivity index (χ3n) is 3.66. The van der Waals surface area contributed by atoms with Gasteiger partial charge in [-0.2, -0.15) is 0 Å². The van der Waals surface area contributed by atoms with Crippen molar-refractivity contribution in [2.45, 2.75) is 65.0 Å². The molecule has 0 spiro atoms. The molecule has 0 fully saturated rings. The molecule has 3 N–H and O–H groups in total. The maximum Gasteiger partial charge on any atom is 0.122 e. The van der Waals surface area contributed by atoms with Gasteiger partial charge in [0.1, 0.15) is 5.75 Å². The predicted octanol–water partition coefficient (Wildman–Crippen LogP) is 3.07. The summed E-state index contributed by atoms with van der Waals surface area (Å²) in [6, 6.07) is 6.21. The van der Waals surface area contributed by atoms with Crippen molar-refractivity contribution < 1.29 is 9.84 Å². The molecule has 20 heavy (non-hydrogen) atoms. The SMILES string of the molecule is CCCC(N)C(O)CCc1cc(CC)ccc1OCC. The Morgan fingerprint density at radius 2 is 1.95 bits per heavy atom. The highest BCUT2D eigenvalue weighted by molar-refractivity contribution is 5.37. The van der Waals surface area contributed by atoms with Crippen LogP contribution in [0.3, 0.4) is 0 Å². The average Bonchev–Trinajstić information content (AvgIpc) is 2.46. The van der Waals surface area contributed by atoms with Gasteiger partial charge in [0.2, 0.25) is 0 Å². The Kier molecular flexibility index (Phi) is 7.63. The first kappa shape index (κ1) is 17.0. The molecule has 2 atom stereocenters. The summed E-state index contributed by atoms with van der Waals surface area (Å²) in [4.78, 5) is 0. The second-order valence-electron chi connectivity index (χ2n) is 5.29. The van der Waals surface area contributed by atoms with Crippen molar-refractivity contribution >= 4 is 0 Å². The van der Waals surface area contributed by atoms with Gasteiger partial charge in [-0.15, -0.1) is 0 Å². The molecule has 0 radical (unpaired) electrons. The lowest BCUT2D eigenvalue weighted by molar-refractivity contribution is 0.130. The monoisotopic (exact) mass is 279 g/mol. The highest BCUT2D eigenvalue weighted by atomic mass is 16.5. The first-order valence-electron chi connectivity index (χ1n) is 7.80. The molecule has 0 aliphatic heterocycles. The van der Waals surface area contributed by atoms with Crippen LogP contribution in [0.4, 0.5) is 0 Å². The summed E-state index contributed by atoms with van der Waals surface area (Å²) in [7, 11) is 0. The molecule has 3 heteroatoms. The molecule has 0 aliphatic carbocycles. The molecule has 1 aromatic carbocycles. The van der Waals surface area contributed by atoms with E-state index >= 15 is 0 Å². The van der Waals surface area contributed by atoms with Gasteiger partial charge in [0.25, 0.3) is 0 Å². The molecule has 0 aliphatic rings. The summed E-state index contributed by atoms with van der Waals surface area (Å²) in [5.41, 5.74) is 8.44. The van der Waals surface area contributed by atoms with Crippen molar-refractivity contribution in [3.05, 3.63) is 29.3 Å². The van der Waals surface area contributed by atoms with E-state index in [1.54, 1.807) is 0 Å². The number of hydrogen-bond donors (Lipinski definition) is 2. The van der Waals surface area contributed by atoms with Crippen LogP contribution in [0.1, 0.15) is 51.2 Å². The van der Waals surface area contributed by atoms with Gasteiger partial charge in [0.15, 0.2) is 0 Å². The Labute approximate surface area is 123 Å². The van der Waals surface area contributed by atoms with E-state index in [-0.39, 0.29) is 6.04 Å². The molecule has 1 rings (SSSR count). The van der Waals surface area contributed by atoms with E-state index in [4.69, 9.17) is 10.5 Å². The van der Waals surface area contributed by atoms with E-state index in [1.165, 1.54) is 11.1 Å². The molecule has 0 saturated carbocycles. The minimum absolute atomic E-state index is 0.120.